The molecule has 4 heteroatoms. The molecule has 0 radical (unpaired) electrons. The van der Waals surface area contributed by atoms with E-state index in [1.54, 1.807) is 5.57 Å². The van der Waals surface area contributed by atoms with Crippen molar-refractivity contribution in [1.29, 1.82) is 0 Å². The Morgan fingerprint density at radius 1 is 0.889 bits per heavy atom. The molecule has 0 aromatic heterocycles. The molecule has 2 saturated heterocycles. The third kappa shape index (κ3) is 4.54. The predicted octanol–water partition coefficient (Wildman–Crippen LogP) is 7.80. The zero-order valence-electron chi connectivity index (χ0n) is 23.3. The van der Waals surface area contributed by atoms with Gasteiger partial charge in [-0.05, 0) is 106 Å². The molecule has 4 nitrogen and oxygen atoms in total. The van der Waals surface area contributed by atoms with Crippen molar-refractivity contribution in [2.75, 3.05) is 13.2 Å². The van der Waals surface area contributed by atoms with E-state index in [9.17, 15) is 0 Å². The number of rotatable bonds is 6. The SMILES string of the molecule is CCC[C@H]1CC[C@H]2[C@@H]3CC=C4C[C@@H](OC5CCCCO5)C[C@H](OC5CCCCO5)[C@]4(C)[C@H]3CC[C@]12C. The Bertz CT molecular complexity index is 783. The Labute approximate surface area is 220 Å². The summed E-state index contributed by atoms with van der Waals surface area (Å²) in [6.45, 7) is 9.32. The lowest BCUT2D eigenvalue weighted by Gasteiger charge is -2.60. The van der Waals surface area contributed by atoms with Crippen molar-refractivity contribution in [3.8, 4) is 0 Å². The van der Waals surface area contributed by atoms with Crippen molar-refractivity contribution in [2.45, 2.75) is 142 Å². The highest BCUT2D eigenvalue weighted by Crippen LogP contribution is 2.67. The smallest absolute Gasteiger partial charge is 0.157 e. The summed E-state index contributed by atoms with van der Waals surface area (Å²) < 4.78 is 25.7. The molecular weight excluding hydrogens is 448 g/mol. The van der Waals surface area contributed by atoms with Crippen LogP contribution in [0.3, 0.4) is 0 Å². The third-order valence-corrected chi connectivity index (χ3v) is 11.9. The fraction of sp³-hybridized carbons (Fsp3) is 0.938. The molecule has 6 aliphatic rings. The molecule has 4 aliphatic carbocycles. The number of allylic oxidation sites excluding steroid dienone is 1. The molecule has 0 amide bonds. The second-order valence-electron chi connectivity index (χ2n) is 13.6. The fourth-order valence-electron chi connectivity index (χ4n) is 9.93. The first-order chi connectivity index (χ1) is 17.5. The highest BCUT2D eigenvalue weighted by Gasteiger charge is 2.61. The van der Waals surface area contributed by atoms with Crippen molar-refractivity contribution in [3.05, 3.63) is 11.6 Å². The van der Waals surface area contributed by atoms with E-state index in [4.69, 9.17) is 18.9 Å². The summed E-state index contributed by atoms with van der Waals surface area (Å²) in [7, 11) is 0. The molecule has 10 atom stereocenters. The number of ether oxygens (including phenoxy) is 4. The van der Waals surface area contributed by atoms with Crippen molar-refractivity contribution in [1.82, 2.24) is 0 Å². The average Bonchev–Trinajstić information content (AvgIpc) is 3.22. The van der Waals surface area contributed by atoms with E-state index in [-0.39, 0.29) is 30.2 Å². The Balaban J connectivity index is 1.26. The Kier molecular flexibility index (Phi) is 7.63. The summed E-state index contributed by atoms with van der Waals surface area (Å²) in [5.74, 6) is 3.38. The van der Waals surface area contributed by atoms with Crippen molar-refractivity contribution in [2.24, 2.45) is 34.5 Å². The van der Waals surface area contributed by atoms with Gasteiger partial charge in [-0.15, -0.1) is 0 Å². The second-order valence-corrected chi connectivity index (χ2v) is 13.6. The van der Waals surface area contributed by atoms with E-state index < -0.39 is 0 Å². The van der Waals surface area contributed by atoms with Crippen LogP contribution in [-0.2, 0) is 18.9 Å². The van der Waals surface area contributed by atoms with Gasteiger partial charge in [0.1, 0.15) is 0 Å². The molecule has 3 saturated carbocycles. The molecule has 0 aromatic rings. The van der Waals surface area contributed by atoms with Crippen LogP contribution in [0.25, 0.3) is 0 Å². The molecule has 0 spiro atoms. The van der Waals surface area contributed by atoms with Gasteiger partial charge in [0.05, 0.1) is 12.2 Å². The van der Waals surface area contributed by atoms with Crippen LogP contribution in [0.4, 0.5) is 0 Å². The zero-order valence-corrected chi connectivity index (χ0v) is 23.3. The number of hydrogen-bond donors (Lipinski definition) is 0. The van der Waals surface area contributed by atoms with E-state index >= 15 is 0 Å². The van der Waals surface area contributed by atoms with Crippen LogP contribution >= 0.6 is 0 Å². The minimum atomic E-state index is -0.0406. The highest BCUT2D eigenvalue weighted by molar-refractivity contribution is 5.28. The van der Waals surface area contributed by atoms with E-state index in [1.165, 1.54) is 70.6 Å². The summed E-state index contributed by atoms with van der Waals surface area (Å²) in [6.07, 6.45) is 21.6. The van der Waals surface area contributed by atoms with E-state index in [0.717, 1.165) is 62.6 Å². The summed E-state index contributed by atoms with van der Waals surface area (Å²) in [4.78, 5) is 0. The van der Waals surface area contributed by atoms with Crippen LogP contribution in [-0.4, -0.2) is 38.0 Å². The maximum absolute atomic E-state index is 6.99. The molecule has 204 valence electrons. The Morgan fingerprint density at radius 2 is 1.64 bits per heavy atom. The van der Waals surface area contributed by atoms with E-state index in [1.807, 2.05) is 0 Å². The molecule has 6 rings (SSSR count). The lowest BCUT2D eigenvalue weighted by Crippen LogP contribution is -2.57. The van der Waals surface area contributed by atoms with Crippen LogP contribution in [0.2, 0.25) is 0 Å². The maximum Gasteiger partial charge on any atom is 0.157 e. The standard InChI is InChI=1S/C32H52O4/c1-4-9-22-13-15-26-25-14-12-23-20-24(35-29-10-5-7-18-33-29)21-28(36-30-11-6-8-19-34-30)32(23,3)27(25)16-17-31(22,26)2/h12,22,24-30H,4-11,13-21H2,1-3H3/t22-,24+,25-,26-,27-,28-,29?,30?,31+,32-/m0/s1. The lowest BCUT2D eigenvalue weighted by atomic mass is 9.46. The third-order valence-electron chi connectivity index (χ3n) is 11.9. The minimum absolute atomic E-state index is 0.0269. The molecular formula is C32H52O4. The van der Waals surface area contributed by atoms with Gasteiger partial charge in [-0.2, -0.15) is 0 Å². The van der Waals surface area contributed by atoms with Gasteiger partial charge in [0.2, 0.25) is 0 Å². The van der Waals surface area contributed by atoms with E-state index in [0.29, 0.717) is 5.41 Å². The highest BCUT2D eigenvalue weighted by atomic mass is 16.7. The van der Waals surface area contributed by atoms with Gasteiger partial charge in [0, 0.05) is 25.0 Å². The van der Waals surface area contributed by atoms with Gasteiger partial charge in [0.15, 0.2) is 12.6 Å². The monoisotopic (exact) mass is 500 g/mol. The topological polar surface area (TPSA) is 36.9 Å². The fourth-order valence-corrected chi connectivity index (χ4v) is 9.93. The number of hydrogen-bond acceptors (Lipinski definition) is 4. The molecule has 0 aromatic carbocycles. The van der Waals surface area contributed by atoms with Gasteiger partial charge >= 0.3 is 0 Å². The van der Waals surface area contributed by atoms with Gasteiger partial charge in [-0.3, -0.25) is 0 Å². The van der Waals surface area contributed by atoms with E-state index in [2.05, 4.69) is 26.8 Å². The van der Waals surface area contributed by atoms with Gasteiger partial charge in [-0.25, -0.2) is 0 Å². The van der Waals surface area contributed by atoms with Crippen LogP contribution in [0, 0.1) is 34.5 Å². The predicted molar refractivity (Wildman–Crippen MR) is 142 cm³/mol. The largest absolute Gasteiger partial charge is 0.353 e. The van der Waals surface area contributed by atoms with Crippen LogP contribution in [0.15, 0.2) is 11.6 Å². The molecule has 5 fully saturated rings. The molecule has 0 bridgehead atoms. The number of fused-ring (bicyclic) bond motifs is 5. The van der Waals surface area contributed by atoms with Gasteiger partial charge < -0.3 is 18.9 Å². The molecule has 2 heterocycles. The van der Waals surface area contributed by atoms with Crippen LogP contribution < -0.4 is 0 Å². The Morgan fingerprint density at radius 3 is 2.33 bits per heavy atom. The summed E-state index contributed by atoms with van der Waals surface area (Å²) >= 11 is 0. The first kappa shape index (κ1) is 25.8. The lowest BCUT2D eigenvalue weighted by molar-refractivity contribution is -0.248. The van der Waals surface area contributed by atoms with Crippen LogP contribution in [0.5, 0.6) is 0 Å². The van der Waals surface area contributed by atoms with Gasteiger partial charge in [-0.1, -0.05) is 45.3 Å². The van der Waals surface area contributed by atoms with Crippen molar-refractivity contribution >= 4 is 0 Å². The van der Waals surface area contributed by atoms with Gasteiger partial charge in [0.25, 0.3) is 0 Å². The average molecular weight is 501 g/mol. The van der Waals surface area contributed by atoms with Crippen LogP contribution in [0.1, 0.15) is 117 Å². The molecule has 2 aliphatic heterocycles. The molecule has 36 heavy (non-hydrogen) atoms. The molecule has 2 unspecified atom stereocenters. The minimum Gasteiger partial charge on any atom is -0.353 e. The van der Waals surface area contributed by atoms with Crippen molar-refractivity contribution in [3.63, 3.8) is 0 Å². The summed E-state index contributed by atoms with van der Waals surface area (Å²) in [5.41, 5.74) is 2.30. The second kappa shape index (κ2) is 10.6. The summed E-state index contributed by atoms with van der Waals surface area (Å²) in [6, 6.07) is 0. The first-order valence-corrected chi connectivity index (χ1v) is 15.8. The molecule has 0 N–H and O–H groups in total. The normalized spacial score (nSPS) is 49.0. The zero-order chi connectivity index (χ0) is 24.8. The first-order valence-electron chi connectivity index (χ1n) is 15.8. The van der Waals surface area contributed by atoms with Crippen molar-refractivity contribution < 1.29 is 18.9 Å². The Hall–Kier alpha value is -0.420. The quantitative estimate of drug-likeness (QED) is 0.349. The summed E-state index contributed by atoms with van der Waals surface area (Å²) in [5, 5.41) is 0. The maximum atomic E-state index is 6.99.